The molecular weight excluding hydrogens is 280 g/mol. The molecule has 6 nitrogen and oxygen atoms in total. The van der Waals surface area contributed by atoms with Gasteiger partial charge in [0.2, 0.25) is 5.91 Å². The molecule has 2 aliphatic rings. The first-order chi connectivity index (χ1) is 10.7. The van der Waals surface area contributed by atoms with Gasteiger partial charge in [0, 0.05) is 51.7 Å². The van der Waals surface area contributed by atoms with E-state index in [4.69, 9.17) is 5.11 Å². The second kappa shape index (κ2) is 6.79. The van der Waals surface area contributed by atoms with Gasteiger partial charge in [-0.3, -0.25) is 9.69 Å². The predicted molar refractivity (Wildman–Crippen MR) is 83.2 cm³/mol. The lowest BCUT2D eigenvalue weighted by atomic mass is 10.0. The summed E-state index contributed by atoms with van der Waals surface area (Å²) >= 11 is 0. The molecule has 1 saturated carbocycles. The second-order valence-corrected chi connectivity index (χ2v) is 6.58. The van der Waals surface area contributed by atoms with Crippen molar-refractivity contribution in [2.75, 3.05) is 39.3 Å². The molecule has 1 aromatic heterocycles. The van der Waals surface area contributed by atoms with Gasteiger partial charge in [-0.2, -0.15) is 0 Å². The second-order valence-electron chi connectivity index (χ2n) is 6.58. The smallest absolute Gasteiger partial charge is 0.230 e. The van der Waals surface area contributed by atoms with Gasteiger partial charge in [-0.05, 0) is 32.2 Å². The molecule has 1 aliphatic carbocycles. The number of amides is 1. The molecule has 1 aliphatic heterocycles. The van der Waals surface area contributed by atoms with Crippen molar-refractivity contribution < 1.29 is 9.90 Å². The van der Waals surface area contributed by atoms with E-state index >= 15 is 0 Å². The number of aliphatic hydroxyl groups is 1. The summed E-state index contributed by atoms with van der Waals surface area (Å²) in [6, 6.07) is 0. The Balaban J connectivity index is 1.48. The standard InChI is InChI=1S/C16H26N4O2/c21-12-2-1-6-18-8-10-20(11-9-18)15(22)16(3-4-16)13-19-7-5-17-14-19/h5,7,14,21H,1-4,6,8-13H2. The number of imidazole rings is 1. The summed E-state index contributed by atoms with van der Waals surface area (Å²) in [6.07, 6.45) is 9.41. The number of unbranched alkanes of at least 4 members (excludes halogenated alkanes) is 1. The quantitative estimate of drug-likeness (QED) is 0.749. The van der Waals surface area contributed by atoms with Gasteiger partial charge in [0.1, 0.15) is 0 Å². The Morgan fingerprint density at radius 1 is 1.18 bits per heavy atom. The van der Waals surface area contributed by atoms with Crippen LogP contribution in [0.15, 0.2) is 18.7 Å². The normalized spacial score (nSPS) is 21.0. The van der Waals surface area contributed by atoms with E-state index < -0.39 is 0 Å². The zero-order valence-electron chi connectivity index (χ0n) is 13.2. The number of piperazine rings is 1. The highest BCUT2D eigenvalue weighted by Gasteiger charge is 2.52. The van der Waals surface area contributed by atoms with E-state index in [1.807, 2.05) is 15.7 Å². The van der Waals surface area contributed by atoms with Crippen LogP contribution >= 0.6 is 0 Å². The van der Waals surface area contributed by atoms with E-state index in [9.17, 15) is 4.79 Å². The van der Waals surface area contributed by atoms with Crippen LogP contribution < -0.4 is 0 Å². The molecule has 1 N–H and O–H groups in total. The Kier molecular flexibility index (Phi) is 4.78. The Bertz CT molecular complexity index is 476. The largest absolute Gasteiger partial charge is 0.396 e. The average molecular weight is 306 g/mol. The van der Waals surface area contributed by atoms with Gasteiger partial charge in [0.05, 0.1) is 11.7 Å². The average Bonchev–Trinajstić information content (AvgIpc) is 3.14. The summed E-state index contributed by atoms with van der Waals surface area (Å²) in [5.41, 5.74) is -0.167. The first kappa shape index (κ1) is 15.5. The van der Waals surface area contributed by atoms with E-state index in [1.165, 1.54) is 0 Å². The van der Waals surface area contributed by atoms with E-state index in [0.717, 1.165) is 65.0 Å². The van der Waals surface area contributed by atoms with Crippen LogP contribution in [0, 0.1) is 5.41 Å². The molecule has 0 bridgehead atoms. The van der Waals surface area contributed by atoms with Crippen LogP contribution in [0.1, 0.15) is 25.7 Å². The molecule has 22 heavy (non-hydrogen) atoms. The molecule has 2 fully saturated rings. The molecule has 122 valence electrons. The van der Waals surface area contributed by atoms with Gasteiger partial charge < -0.3 is 14.6 Å². The van der Waals surface area contributed by atoms with Crippen LogP contribution in [0.5, 0.6) is 0 Å². The molecule has 0 aromatic carbocycles. The monoisotopic (exact) mass is 306 g/mol. The summed E-state index contributed by atoms with van der Waals surface area (Å²) in [5, 5.41) is 8.83. The minimum Gasteiger partial charge on any atom is -0.396 e. The number of aliphatic hydroxyl groups excluding tert-OH is 1. The van der Waals surface area contributed by atoms with Crippen LogP contribution in [0.4, 0.5) is 0 Å². The first-order valence-electron chi connectivity index (χ1n) is 8.32. The maximum atomic E-state index is 12.8. The topological polar surface area (TPSA) is 61.6 Å². The van der Waals surface area contributed by atoms with Crippen molar-refractivity contribution >= 4 is 5.91 Å². The lowest BCUT2D eigenvalue weighted by Crippen LogP contribution is -2.51. The molecular formula is C16H26N4O2. The summed E-state index contributed by atoms with van der Waals surface area (Å²) in [4.78, 5) is 21.3. The van der Waals surface area contributed by atoms with E-state index in [-0.39, 0.29) is 12.0 Å². The fourth-order valence-electron chi connectivity index (χ4n) is 3.28. The number of rotatable bonds is 7. The molecule has 0 radical (unpaired) electrons. The SMILES string of the molecule is O=C(N1CCN(CCCCO)CC1)C1(Cn2ccnc2)CC1. The van der Waals surface area contributed by atoms with Crippen molar-refractivity contribution in [3.05, 3.63) is 18.7 Å². The third kappa shape index (κ3) is 3.50. The van der Waals surface area contributed by atoms with E-state index in [2.05, 4.69) is 9.88 Å². The first-order valence-corrected chi connectivity index (χ1v) is 8.32. The molecule has 1 saturated heterocycles. The molecule has 0 atom stereocenters. The van der Waals surface area contributed by atoms with Crippen LogP contribution in [-0.4, -0.2) is 69.7 Å². The number of hydrogen-bond donors (Lipinski definition) is 1. The zero-order valence-corrected chi connectivity index (χ0v) is 13.2. The molecule has 1 amide bonds. The van der Waals surface area contributed by atoms with Gasteiger partial charge in [-0.15, -0.1) is 0 Å². The Morgan fingerprint density at radius 3 is 2.55 bits per heavy atom. The van der Waals surface area contributed by atoms with Gasteiger partial charge in [-0.1, -0.05) is 0 Å². The van der Waals surface area contributed by atoms with E-state index in [0.29, 0.717) is 5.91 Å². The lowest BCUT2D eigenvalue weighted by Gasteiger charge is -2.36. The van der Waals surface area contributed by atoms with Crippen LogP contribution in [0.2, 0.25) is 0 Å². The van der Waals surface area contributed by atoms with Crippen LogP contribution in [0.3, 0.4) is 0 Å². The summed E-state index contributed by atoms with van der Waals surface area (Å²) < 4.78 is 2.02. The number of hydrogen-bond acceptors (Lipinski definition) is 4. The maximum Gasteiger partial charge on any atom is 0.230 e. The minimum absolute atomic E-state index is 0.167. The van der Waals surface area contributed by atoms with Crippen LogP contribution in [-0.2, 0) is 11.3 Å². The number of carbonyl (C=O) groups is 1. The highest BCUT2D eigenvalue weighted by Crippen LogP contribution is 2.48. The lowest BCUT2D eigenvalue weighted by molar-refractivity contribution is -0.139. The zero-order chi connectivity index (χ0) is 15.4. The van der Waals surface area contributed by atoms with Crippen molar-refractivity contribution in [1.82, 2.24) is 19.4 Å². The number of nitrogens with zero attached hydrogens (tertiary/aromatic N) is 4. The maximum absolute atomic E-state index is 12.8. The third-order valence-corrected chi connectivity index (χ3v) is 4.89. The molecule has 1 aromatic rings. The third-order valence-electron chi connectivity index (χ3n) is 4.89. The van der Waals surface area contributed by atoms with Crippen molar-refractivity contribution in [2.24, 2.45) is 5.41 Å². The summed E-state index contributed by atoms with van der Waals surface area (Å²) in [7, 11) is 0. The van der Waals surface area contributed by atoms with Crippen molar-refractivity contribution in [1.29, 1.82) is 0 Å². The molecule has 0 spiro atoms. The Labute approximate surface area is 131 Å². The fraction of sp³-hybridized carbons (Fsp3) is 0.750. The van der Waals surface area contributed by atoms with Crippen molar-refractivity contribution in [2.45, 2.75) is 32.2 Å². The molecule has 3 rings (SSSR count). The highest BCUT2D eigenvalue weighted by atomic mass is 16.3. The number of carbonyl (C=O) groups excluding carboxylic acids is 1. The summed E-state index contributed by atoms with van der Waals surface area (Å²) in [6.45, 7) is 5.66. The van der Waals surface area contributed by atoms with Gasteiger partial charge >= 0.3 is 0 Å². The van der Waals surface area contributed by atoms with Crippen LogP contribution in [0.25, 0.3) is 0 Å². The highest BCUT2D eigenvalue weighted by molar-refractivity contribution is 5.85. The number of aromatic nitrogens is 2. The summed E-state index contributed by atoms with van der Waals surface area (Å²) in [5.74, 6) is 0.330. The Hall–Kier alpha value is -1.40. The molecule has 6 heteroatoms. The van der Waals surface area contributed by atoms with Crippen molar-refractivity contribution in [3.63, 3.8) is 0 Å². The van der Waals surface area contributed by atoms with Gasteiger partial charge in [0.25, 0.3) is 0 Å². The predicted octanol–water partition coefficient (Wildman–Crippen LogP) is 0.580. The Morgan fingerprint density at radius 2 is 1.95 bits per heavy atom. The van der Waals surface area contributed by atoms with E-state index in [1.54, 1.807) is 12.5 Å². The van der Waals surface area contributed by atoms with Crippen molar-refractivity contribution in [3.8, 4) is 0 Å². The van der Waals surface area contributed by atoms with Gasteiger partial charge in [-0.25, -0.2) is 4.98 Å². The molecule has 0 unspecified atom stereocenters. The molecule has 2 heterocycles. The minimum atomic E-state index is -0.167. The van der Waals surface area contributed by atoms with Gasteiger partial charge in [0.15, 0.2) is 0 Å². The fourth-order valence-corrected chi connectivity index (χ4v) is 3.28.